The number of morpholine rings is 1. The van der Waals surface area contributed by atoms with E-state index in [-0.39, 0.29) is 24.8 Å². The van der Waals surface area contributed by atoms with Crippen LogP contribution in [0.1, 0.15) is 17.2 Å². The van der Waals surface area contributed by atoms with Crippen LogP contribution in [0.4, 0.5) is 4.39 Å². The molecule has 4 nitrogen and oxygen atoms in total. The van der Waals surface area contributed by atoms with Crippen LogP contribution < -0.4 is 0 Å². The molecule has 1 atom stereocenters. The standard InChI is InChI=1S/C17H16FNO3/c18-15-8-13(20)6-7-14(15)16-10-19(17(21)11-22-16)9-12-4-2-1-3-5-12/h1-8,16,20H,9-11H2/t16-/m1/s1. The molecule has 1 heterocycles. The van der Waals surface area contributed by atoms with Crippen molar-refractivity contribution in [2.24, 2.45) is 0 Å². The molecule has 0 radical (unpaired) electrons. The Hall–Kier alpha value is -2.40. The molecule has 3 rings (SSSR count). The van der Waals surface area contributed by atoms with Gasteiger partial charge in [0.05, 0.1) is 6.54 Å². The van der Waals surface area contributed by atoms with Gasteiger partial charge in [-0.05, 0) is 17.7 Å². The number of phenols is 1. The number of rotatable bonds is 3. The number of benzene rings is 2. The van der Waals surface area contributed by atoms with Gasteiger partial charge in [-0.15, -0.1) is 0 Å². The molecule has 1 amide bonds. The van der Waals surface area contributed by atoms with E-state index in [1.165, 1.54) is 12.1 Å². The maximum Gasteiger partial charge on any atom is 0.249 e. The number of hydrogen-bond donors (Lipinski definition) is 1. The van der Waals surface area contributed by atoms with Gasteiger partial charge in [-0.25, -0.2) is 4.39 Å². The molecule has 114 valence electrons. The Morgan fingerprint density at radius 2 is 2.00 bits per heavy atom. The molecule has 0 spiro atoms. The zero-order chi connectivity index (χ0) is 15.5. The summed E-state index contributed by atoms with van der Waals surface area (Å²) < 4.78 is 19.4. The predicted molar refractivity (Wildman–Crippen MR) is 78.6 cm³/mol. The van der Waals surface area contributed by atoms with E-state index in [1.54, 1.807) is 4.90 Å². The maximum atomic E-state index is 13.9. The Morgan fingerprint density at radius 3 is 2.73 bits per heavy atom. The van der Waals surface area contributed by atoms with Crippen molar-refractivity contribution >= 4 is 5.91 Å². The van der Waals surface area contributed by atoms with Crippen molar-refractivity contribution in [1.82, 2.24) is 4.90 Å². The van der Waals surface area contributed by atoms with E-state index in [0.717, 1.165) is 11.6 Å². The first kappa shape index (κ1) is 14.5. The largest absolute Gasteiger partial charge is 0.508 e. The van der Waals surface area contributed by atoms with Gasteiger partial charge < -0.3 is 14.7 Å². The van der Waals surface area contributed by atoms with Crippen LogP contribution in [-0.4, -0.2) is 29.1 Å². The minimum Gasteiger partial charge on any atom is -0.508 e. The Kier molecular flexibility index (Phi) is 4.06. The minimum absolute atomic E-state index is 0.0716. The molecule has 2 aromatic carbocycles. The molecule has 2 aromatic rings. The second kappa shape index (κ2) is 6.15. The summed E-state index contributed by atoms with van der Waals surface area (Å²) in [6.45, 7) is 0.687. The molecule has 0 unspecified atom stereocenters. The summed E-state index contributed by atoms with van der Waals surface area (Å²) in [6, 6.07) is 13.6. The fourth-order valence-corrected chi connectivity index (χ4v) is 2.54. The first-order valence-electron chi connectivity index (χ1n) is 7.05. The monoisotopic (exact) mass is 301 g/mol. The number of halogens is 1. The SMILES string of the molecule is O=C1CO[C@@H](c2ccc(O)cc2F)CN1Cc1ccccc1. The molecule has 0 bridgehead atoms. The van der Waals surface area contributed by atoms with Crippen LogP contribution in [0.15, 0.2) is 48.5 Å². The lowest BCUT2D eigenvalue weighted by Gasteiger charge is -2.33. The number of nitrogens with zero attached hydrogens (tertiary/aromatic N) is 1. The Balaban J connectivity index is 1.77. The zero-order valence-electron chi connectivity index (χ0n) is 11.9. The van der Waals surface area contributed by atoms with Gasteiger partial charge in [-0.1, -0.05) is 30.3 Å². The molecule has 1 N–H and O–H groups in total. The van der Waals surface area contributed by atoms with Crippen molar-refractivity contribution in [3.05, 3.63) is 65.5 Å². The molecule has 0 aliphatic carbocycles. The van der Waals surface area contributed by atoms with Crippen molar-refractivity contribution in [3.63, 3.8) is 0 Å². The van der Waals surface area contributed by atoms with Gasteiger partial charge in [0.15, 0.2) is 0 Å². The highest BCUT2D eigenvalue weighted by molar-refractivity contribution is 5.78. The maximum absolute atomic E-state index is 13.9. The highest BCUT2D eigenvalue weighted by atomic mass is 19.1. The van der Waals surface area contributed by atoms with Gasteiger partial charge >= 0.3 is 0 Å². The van der Waals surface area contributed by atoms with Crippen molar-refractivity contribution in [2.45, 2.75) is 12.6 Å². The first-order chi connectivity index (χ1) is 10.6. The van der Waals surface area contributed by atoms with Crippen LogP contribution in [0, 0.1) is 5.82 Å². The van der Waals surface area contributed by atoms with Crippen LogP contribution >= 0.6 is 0 Å². The van der Waals surface area contributed by atoms with Crippen molar-refractivity contribution in [1.29, 1.82) is 0 Å². The molecule has 0 saturated carbocycles. The number of aromatic hydroxyl groups is 1. The summed E-state index contributed by atoms with van der Waals surface area (Å²) in [4.78, 5) is 13.6. The number of hydrogen-bond acceptors (Lipinski definition) is 3. The van der Waals surface area contributed by atoms with Crippen LogP contribution in [-0.2, 0) is 16.1 Å². The lowest BCUT2D eigenvalue weighted by molar-refractivity contribution is -0.150. The highest BCUT2D eigenvalue weighted by Gasteiger charge is 2.29. The van der Waals surface area contributed by atoms with E-state index in [0.29, 0.717) is 12.1 Å². The third kappa shape index (κ3) is 3.09. The number of carbonyl (C=O) groups excluding carboxylic acids is 1. The summed E-state index contributed by atoms with van der Waals surface area (Å²) in [5.41, 5.74) is 1.37. The van der Waals surface area contributed by atoms with Gasteiger partial charge in [0.25, 0.3) is 0 Å². The molecule has 5 heteroatoms. The van der Waals surface area contributed by atoms with Gasteiger partial charge in [0.1, 0.15) is 24.3 Å². The zero-order valence-corrected chi connectivity index (χ0v) is 11.9. The Morgan fingerprint density at radius 1 is 1.23 bits per heavy atom. The van der Waals surface area contributed by atoms with Crippen molar-refractivity contribution < 1.29 is 19.0 Å². The lowest BCUT2D eigenvalue weighted by Crippen LogP contribution is -2.42. The number of carbonyl (C=O) groups is 1. The van der Waals surface area contributed by atoms with Crippen LogP contribution in [0.5, 0.6) is 5.75 Å². The third-order valence-corrected chi connectivity index (χ3v) is 3.69. The van der Waals surface area contributed by atoms with E-state index in [9.17, 15) is 14.3 Å². The molecule has 1 fully saturated rings. The van der Waals surface area contributed by atoms with E-state index >= 15 is 0 Å². The van der Waals surface area contributed by atoms with Gasteiger partial charge in [0, 0.05) is 18.2 Å². The fraction of sp³-hybridized carbons (Fsp3) is 0.235. The number of amides is 1. The number of ether oxygens (including phenoxy) is 1. The topological polar surface area (TPSA) is 49.8 Å². The molecule has 1 saturated heterocycles. The summed E-state index contributed by atoms with van der Waals surface area (Å²) in [5, 5.41) is 9.28. The summed E-state index contributed by atoms with van der Waals surface area (Å²) in [6.07, 6.45) is -0.526. The third-order valence-electron chi connectivity index (χ3n) is 3.69. The molecule has 22 heavy (non-hydrogen) atoms. The van der Waals surface area contributed by atoms with Gasteiger partial charge in [-0.3, -0.25) is 4.79 Å². The van der Waals surface area contributed by atoms with Crippen molar-refractivity contribution in [2.75, 3.05) is 13.2 Å². The second-order valence-electron chi connectivity index (χ2n) is 5.27. The van der Waals surface area contributed by atoms with Gasteiger partial charge in [0.2, 0.25) is 5.91 Å². The highest BCUT2D eigenvalue weighted by Crippen LogP contribution is 2.27. The Labute approximate surface area is 127 Å². The van der Waals surface area contributed by atoms with E-state index in [1.807, 2.05) is 30.3 Å². The minimum atomic E-state index is -0.529. The quantitative estimate of drug-likeness (QED) is 0.948. The summed E-state index contributed by atoms with van der Waals surface area (Å²) in [5.74, 6) is -0.771. The molecule has 0 aromatic heterocycles. The second-order valence-corrected chi connectivity index (χ2v) is 5.27. The average Bonchev–Trinajstić information content (AvgIpc) is 2.51. The molecular formula is C17H16FNO3. The lowest BCUT2D eigenvalue weighted by atomic mass is 10.1. The van der Waals surface area contributed by atoms with Gasteiger partial charge in [-0.2, -0.15) is 0 Å². The molecule has 1 aliphatic heterocycles. The van der Waals surface area contributed by atoms with E-state index in [2.05, 4.69) is 0 Å². The first-order valence-corrected chi connectivity index (χ1v) is 7.05. The van der Waals surface area contributed by atoms with Crippen LogP contribution in [0.2, 0.25) is 0 Å². The smallest absolute Gasteiger partial charge is 0.249 e. The molecule has 1 aliphatic rings. The van der Waals surface area contributed by atoms with Crippen LogP contribution in [0.3, 0.4) is 0 Å². The fourth-order valence-electron chi connectivity index (χ4n) is 2.54. The number of phenolic OH excluding ortho intramolecular Hbond substituents is 1. The molecular weight excluding hydrogens is 285 g/mol. The van der Waals surface area contributed by atoms with E-state index < -0.39 is 11.9 Å². The normalized spacial score (nSPS) is 18.5. The van der Waals surface area contributed by atoms with Crippen molar-refractivity contribution in [3.8, 4) is 5.75 Å². The summed E-state index contributed by atoms with van der Waals surface area (Å²) in [7, 11) is 0. The Bertz CT molecular complexity index is 675. The summed E-state index contributed by atoms with van der Waals surface area (Å²) >= 11 is 0. The average molecular weight is 301 g/mol. The van der Waals surface area contributed by atoms with Crippen LogP contribution in [0.25, 0.3) is 0 Å². The van der Waals surface area contributed by atoms with E-state index in [4.69, 9.17) is 4.74 Å². The predicted octanol–water partition coefficient (Wildman–Crippen LogP) is 2.63.